The number of carbonyl (C=O) groups excluding carboxylic acids is 1. The van der Waals surface area contributed by atoms with E-state index in [4.69, 9.17) is 0 Å². The molecule has 0 aromatic carbocycles. The molecule has 0 N–H and O–H groups in total. The summed E-state index contributed by atoms with van der Waals surface area (Å²) in [5, 5.41) is 0. The van der Waals surface area contributed by atoms with Crippen molar-refractivity contribution >= 4 is 5.78 Å². The van der Waals surface area contributed by atoms with Crippen LogP contribution in [0.15, 0.2) is 18.5 Å². The Bertz CT molecular complexity index is 422. The molecule has 0 spiro atoms. The van der Waals surface area contributed by atoms with Gasteiger partial charge in [-0.2, -0.15) is 0 Å². The number of ketones is 1. The van der Waals surface area contributed by atoms with Crippen LogP contribution in [0.2, 0.25) is 0 Å². The van der Waals surface area contributed by atoms with Gasteiger partial charge in [-0.25, -0.2) is 0 Å². The Morgan fingerprint density at radius 3 is 2.89 bits per heavy atom. The molecule has 1 fully saturated rings. The molecule has 2 heterocycles. The fourth-order valence-electron chi connectivity index (χ4n) is 2.87. The highest BCUT2D eigenvalue weighted by Crippen LogP contribution is 2.18. The molecule has 0 bridgehead atoms. The first kappa shape index (κ1) is 14.3. The third-order valence-corrected chi connectivity index (χ3v) is 4.20. The lowest BCUT2D eigenvalue weighted by molar-refractivity contribution is 0.0939. The van der Waals surface area contributed by atoms with Crippen molar-refractivity contribution in [2.24, 2.45) is 5.92 Å². The first-order chi connectivity index (χ1) is 9.08. The predicted octanol–water partition coefficient (Wildman–Crippen LogP) is 3.20. The van der Waals surface area contributed by atoms with Crippen molar-refractivity contribution in [3.05, 3.63) is 24.0 Å². The van der Waals surface area contributed by atoms with Crippen LogP contribution in [0.4, 0.5) is 0 Å². The standard InChI is InChI=1S/C16H26N2O/c1-13(2)16(19)14-7-10-18(12-14)11-8-15-6-4-5-9-17(15)3/h7,10,12-13,15H,4-6,8-9,11H2,1-3H3. The van der Waals surface area contributed by atoms with Crippen LogP contribution in [0.3, 0.4) is 0 Å². The van der Waals surface area contributed by atoms with Gasteiger partial charge >= 0.3 is 0 Å². The molecule has 0 radical (unpaired) electrons. The molecule has 1 atom stereocenters. The van der Waals surface area contributed by atoms with E-state index in [-0.39, 0.29) is 11.7 Å². The highest BCUT2D eigenvalue weighted by Gasteiger charge is 2.18. The maximum Gasteiger partial charge on any atom is 0.166 e. The number of piperidine rings is 1. The van der Waals surface area contributed by atoms with E-state index in [0.717, 1.165) is 12.1 Å². The van der Waals surface area contributed by atoms with Crippen LogP contribution >= 0.6 is 0 Å². The minimum atomic E-state index is 0.0836. The molecule has 2 rings (SSSR count). The lowest BCUT2D eigenvalue weighted by Gasteiger charge is -2.32. The Kier molecular flexibility index (Phi) is 4.81. The summed E-state index contributed by atoms with van der Waals surface area (Å²) in [5.41, 5.74) is 0.854. The summed E-state index contributed by atoms with van der Waals surface area (Å²) in [7, 11) is 2.23. The van der Waals surface area contributed by atoms with Gasteiger partial charge in [-0.1, -0.05) is 20.3 Å². The predicted molar refractivity (Wildman–Crippen MR) is 78.5 cm³/mol. The molecule has 0 saturated carbocycles. The maximum atomic E-state index is 11.9. The van der Waals surface area contributed by atoms with Crippen LogP contribution in [0.1, 0.15) is 49.9 Å². The smallest absolute Gasteiger partial charge is 0.166 e. The van der Waals surface area contributed by atoms with Crippen molar-refractivity contribution in [2.75, 3.05) is 13.6 Å². The van der Waals surface area contributed by atoms with Gasteiger partial charge in [0, 0.05) is 36.5 Å². The number of hydrogen-bond acceptors (Lipinski definition) is 2. The van der Waals surface area contributed by atoms with Crippen molar-refractivity contribution < 1.29 is 4.79 Å². The first-order valence-electron chi connectivity index (χ1n) is 7.48. The number of aromatic nitrogens is 1. The molecular formula is C16H26N2O. The van der Waals surface area contributed by atoms with Crippen molar-refractivity contribution in [2.45, 2.75) is 52.1 Å². The Morgan fingerprint density at radius 1 is 1.42 bits per heavy atom. The quantitative estimate of drug-likeness (QED) is 0.761. The second kappa shape index (κ2) is 6.38. The second-order valence-corrected chi connectivity index (χ2v) is 6.08. The maximum absolute atomic E-state index is 11.9. The van der Waals surface area contributed by atoms with E-state index < -0.39 is 0 Å². The number of likely N-dealkylation sites (tertiary alicyclic amines) is 1. The van der Waals surface area contributed by atoms with Crippen LogP contribution in [0.25, 0.3) is 0 Å². The number of carbonyl (C=O) groups is 1. The molecule has 1 aromatic heterocycles. The highest BCUT2D eigenvalue weighted by atomic mass is 16.1. The molecule has 1 aliphatic rings. The third-order valence-electron chi connectivity index (χ3n) is 4.20. The molecule has 1 aliphatic heterocycles. The Morgan fingerprint density at radius 2 is 2.21 bits per heavy atom. The minimum Gasteiger partial charge on any atom is -0.353 e. The van der Waals surface area contributed by atoms with Crippen molar-refractivity contribution in [3.8, 4) is 0 Å². The zero-order chi connectivity index (χ0) is 13.8. The average Bonchev–Trinajstić information content (AvgIpc) is 2.85. The summed E-state index contributed by atoms with van der Waals surface area (Å²) in [6.45, 7) is 6.15. The Labute approximate surface area is 116 Å². The van der Waals surface area contributed by atoms with Crippen LogP contribution in [-0.2, 0) is 6.54 Å². The lowest BCUT2D eigenvalue weighted by Crippen LogP contribution is -2.36. The largest absolute Gasteiger partial charge is 0.353 e. The Hall–Kier alpha value is -1.09. The van der Waals surface area contributed by atoms with Gasteiger partial charge in [0.2, 0.25) is 0 Å². The van der Waals surface area contributed by atoms with Gasteiger partial charge in [0.05, 0.1) is 0 Å². The van der Waals surface area contributed by atoms with Gasteiger partial charge in [-0.05, 0) is 38.9 Å². The van der Waals surface area contributed by atoms with Gasteiger partial charge in [-0.3, -0.25) is 4.79 Å². The SMILES string of the molecule is CC(C)C(=O)c1ccn(CCC2CCCCN2C)c1. The van der Waals surface area contributed by atoms with Crippen molar-refractivity contribution in [1.82, 2.24) is 9.47 Å². The highest BCUT2D eigenvalue weighted by molar-refractivity contribution is 5.97. The zero-order valence-corrected chi connectivity index (χ0v) is 12.4. The van der Waals surface area contributed by atoms with E-state index in [2.05, 4.69) is 16.5 Å². The van der Waals surface area contributed by atoms with Crippen molar-refractivity contribution in [3.63, 3.8) is 0 Å². The Balaban J connectivity index is 1.88. The number of aryl methyl sites for hydroxylation is 1. The molecule has 1 saturated heterocycles. The summed E-state index contributed by atoms with van der Waals surface area (Å²) < 4.78 is 2.16. The fourth-order valence-corrected chi connectivity index (χ4v) is 2.87. The van der Waals surface area contributed by atoms with Crippen LogP contribution in [0, 0.1) is 5.92 Å². The zero-order valence-electron chi connectivity index (χ0n) is 12.4. The van der Waals surface area contributed by atoms with E-state index in [0.29, 0.717) is 6.04 Å². The third kappa shape index (κ3) is 3.69. The van der Waals surface area contributed by atoms with E-state index in [1.807, 2.05) is 32.3 Å². The number of rotatable bonds is 5. The summed E-state index contributed by atoms with van der Waals surface area (Å²) in [6, 6.07) is 2.66. The summed E-state index contributed by atoms with van der Waals surface area (Å²) in [5.74, 6) is 0.328. The average molecular weight is 262 g/mol. The molecule has 19 heavy (non-hydrogen) atoms. The number of hydrogen-bond donors (Lipinski definition) is 0. The molecule has 1 aromatic rings. The van der Waals surface area contributed by atoms with Crippen LogP contribution in [0.5, 0.6) is 0 Å². The molecule has 106 valence electrons. The number of Topliss-reactive ketones (excluding diaryl/α,β-unsaturated/α-hetero) is 1. The van der Waals surface area contributed by atoms with E-state index in [1.54, 1.807) is 0 Å². The monoisotopic (exact) mass is 262 g/mol. The molecule has 3 nitrogen and oxygen atoms in total. The lowest BCUT2D eigenvalue weighted by atomic mass is 10.0. The summed E-state index contributed by atoms with van der Waals surface area (Å²) in [6.07, 6.45) is 9.24. The molecular weight excluding hydrogens is 236 g/mol. The van der Waals surface area contributed by atoms with E-state index >= 15 is 0 Å². The van der Waals surface area contributed by atoms with Gasteiger partial charge in [0.1, 0.15) is 0 Å². The molecule has 3 heteroatoms. The van der Waals surface area contributed by atoms with Gasteiger partial charge in [0.25, 0.3) is 0 Å². The molecule has 1 unspecified atom stereocenters. The van der Waals surface area contributed by atoms with Crippen molar-refractivity contribution in [1.29, 1.82) is 0 Å². The summed E-state index contributed by atoms with van der Waals surface area (Å²) >= 11 is 0. The van der Waals surface area contributed by atoms with E-state index in [1.165, 1.54) is 32.2 Å². The second-order valence-electron chi connectivity index (χ2n) is 6.08. The molecule has 0 amide bonds. The minimum absolute atomic E-state index is 0.0836. The van der Waals surface area contributed by atoms with Gasteiger partial charge in [-0.15, -0.1) is 0 Å². The fraction of sp³-hybridized carbons (Fsp3) is 0.688. The summed E-state index contributed by atoms with van der Waals surface area (Å²) in [4.78, 5) is 14.4. The molecule has 0 aliphatic carbocycles. The van der Waals surface area contributed by atoms with E-state index in [9.17, 15) is 4.79 Å². The topological polar surface area (TPSA) is 25.2 Å². The number of nitrogens with zero attached hydrogens (tertiary/aromatic N) is 2. The van der Waals surface area contributed by atoms with Crippen LogP contribution < -0.4 is 0 Å². The van der Waals surface area contributed by atoms with Gasteiger partial charge < -0.3 is 9.47 Å². The first-order valence-corrected chi connectivity index (χ1v) is 7.48. The van der Waals surface area contributed by atoms with Gasteiger partial charge in [0.15, 0.2) is 5.78 Å². The normalized spacial score (nSPS) is 20.9. The van der Waals surface area contributed by atoms with Crippen LogP contribution in [-0.4, -0.2) is 34.9 Å².